The molecule has 1 aromatic carbocycles. The van der Waals surface area contributed by atoms with Crippen LogP contribution in [0.1, 0.15) is 23.2 Å². The molecule has 1 aromatic heterocycles. The van der Waals surface area contributed by atoms with E-state index in [0.717, 1.165) is 23.7 Å². The Hall–Kier alpha value is -2.63. The number of fused-ring (bicyclic) bond motifs is 1. The van der Waals surface area contributed by atoms with Gasteiger partial charge in [0.2, 0.25) is 0 Å². The Morgan fingerprint density at radius 3 is 3.00 bits per heavy atom. The van der Waals surface area contributed by atoms with E-state index in [2.05, 4.69) is 4.98 Å². The molecule has 1 aliphatic heterocycles. The average molecular weight is 299 g/mol. The van der Waals surface area contributed by atoms with Gasteiger partial charge in [-0.1, -0.05) is 12.1 Å². The molecule has 0 saturated carbocycles. The first-order chi connectivity index (χ1) is 10.7. The second-order valence-corrected chi connectivity index (χ2v) is 5.30. The molecule has 1 saturated heterocycles. The van der Waals surface area contributed by atoms with Gasteiger partial charge in [-0.2, -0.15) is 0 Å². The number of likely N-dealkylation sites (tertiary alicyclic amines) is 1. The van der Waals surface area contributed by atoms with Gasteiger partial charge in [-0.3, -0.25) is 4.98 Å². The van der Waals surface area contributed by atoms with Crippen molar-refractivity contribution < 1.29 is 14.3 Å². The van der Waals surface area contributed by atoms with Crippen molar-refractivity contribution in [2.24, 2.45) is 5.73 Å². The summed E-state index contributed by atoms with van der Waals surface area (Å²) < 4.78 is 5.38. The van der Waals surface area contributed by atoms with E-state index in [9.17, 15) is 9.59 Å². The smallest absolute Gasteiger partial charge is 0.338 e. The lowest BCUT2D eigenvalue weighted by Gasteiger charge is -2.22. The summed E-state index contributed by atoms with van der Waals surface area (Å²) in [7, 11) is 0. The van der Waals surface area contributed by atoms with Gasteiger partial charge >= 0.3 is 12.0 Å². The second kappa shape index (κ2) is 6.01. The highest BCUT2D eigenvalue weighted by Crippen LogP contribution is 2.20. The van der Waals surface area contributed by atoms with E-state index < -0.39 is 12.0 Å². The first-order valence-corrected chi connectivity index (χ1v) is 7.24. The lowest BCUT2D eigenvalue weighted by molar-refractivity contribution is 0.0424. The molecule has 3 rings (SSSR count). The predicted molar refractivity (Wildman–Crippen MR) is 81.3 cm³/mol. The maximum atomic E-state index is 12.3. The molecule has 0 radical (unpaired) electrons. The molecule has 0 aliphatic carbocycles. The number of pyridine rings is 1. The van der Waals surface area contributed by atoms with Crippen molar-refractivity contribution in [3.63, 3.8) is 0 Å². The van der Waals surface area contributed by atoms with Gasteiger partial charge in [0.1, 0.15) is 6.61 Å². The van der Waals surface area contributed by atoms with Crippen LogP contribution in [0.2, 0.25) is 0 Å². The van der Waals surface area contributed by atoms with Gasteiger partial charge in [0.25, 0.3) is 0 Å². The number of ether oxygens (including phenoxy) is 1. The summed E-state index contributed by atoms with van der Waals surface area (Å²) >= 11 is 0. The Morgan fingerprint density at radius 1 is 1.32 bits per heavy atom. The van der Waals surface area contributed by atoms with Crippen LogP contribution in [0.25, 0.3) is 10.9 Å². The second-order valence-electron chi connectivity index (χ2n) is 5.30. The third-order valence-corrected chi connectivity index (χ3v) is 3.93. The Labute approximate surface area is 127 Å². The summed E-state index contributed by atoms with van der Waals surface area (Å²) in [5.74, 6) is -0.407. The van der Waals surface area contributed by atoms with Crippen molar-refractivity contribution in [3.05, 3.63) is 42.1 Å². The largest absolute Gasteiger partial charge is 0.460 e. The van der Waals surface area contributed by atoms with Crippen LogP contribution >= 0.6 is 0 Å². The molecular formula is C16H17N3O3. The Bertz CT molecular complexity index is 711. The number of hydrogen-bond donors (Lipinski definition) is 1. The van der Waals surface area contributed by atoms with Crippen molar-refractivity contribution in [1.29, 1.82) is 0 Å². The minimum absolute atomic E-state index is 0.130. The number of carbonyl (C=O) groups is 2. The number of amides is 2. The average Bonchev–Trinajstić information content (AvgIpc) is 3.01. The fourth-order valence-corrected chi connectivity index (χ4v) is 2.83. The van der Waals surface area contributed by atoms with E-state index >= 15 is 0 Å². The summed E-state index contributed by atoms with van der Waals surface area (Å²) in [6.45, 7) is 0.786. The van der Waals surface area contributed by atoms with Gasteiger partial charge in [0.05, 0.1) is 17.1 Å². The molecule has 114 valence electrons. The van der Waals surface area contributed by atoms with E-state index in [1.165, 1.54) is 0 Å². The molecule has 2 aromatic rings. The Balaban J connectivity index is 1.73. The molecule has 6 nitrogen and oxygen atoms in total. The lowest BCUT2D eigenvalue weighted by Crippen LogP contribution is -2.41. The number of benzene rings is 1. The van der Waals surface area contributed by atoms with Crippen LogP contribution in [0.4, 0.5) is 4.79 Å². The summed E-state index contributed by atoms with van der Waals surface area (Å²) in [5.41, 5.74) is 6.55. The zero-order valence-corrected chi connectivity index (χ0v) is 12.1. The zero-order chi connectivity index (χ0) is 15.5. The SMILES string of the molecule is NC(=O)N1CCCC1COC(=O)c1cccc2ncccc12. The number of carbonyl (C=O) groups excluding carboxylic acids is 2. The quantitative estimate of drug-likeness (QED) is 0.878. The van der Waals surface area contributed by atoms with Gasteiger partial charge in [-0.15, -0.1) is 0 Å². The Morgan fingerprint density at radius 2 is 2.18 bits per heavy atom. The summed E-state index contributed by atoms with van der Waals surface area (Å²) in [6.07, 6.45) is 3.36. The monoisotopic (exact) mass is 299 g/mol. The molecule has 6 heteroatoms. The van der Waals surface area contributed by atoms with Crippen molar-refractivity contribution in [2.45, 2.75) is 18.9 Å². The van der Waals surface area contributed by atoms with E-state index in [0.29, 0.717) is 12.1 Å². The highest BCUT2D eigenvalue weighted by molar-refractivity contribution is 6.03. The molecule has 22 heavy (non-hydrogen) atoms. The molecule has 2 N–H and O–H groups in total. The van der Waals surface area contributed by atoms with Crippen molar-refractivity contribution in [3.8, 4) is 0 Å². The van der Waals surface area contributed by atoms with Gasteiger partial charge in [0.15, 0.2) is 0 Å². The molecule has 1 atom stereocenters. The number of nitrogens with zero attached hydrogens (tertiary/aromatic N) is 2. The number of rotatable bonds is 3. The van der Waals surface area contributed by atoms with E-state index in [-0.39, 0.29) is 12.6 Å². The van der Waals surface area contributed by atoms with Crippen LogP contribution in [0.5, 0.6) is 0 Å². The molecule has 1 unspecified atom stereocenters. The maximum absolute atomic E-state index is 12.3. The summed E-state index contributed by atoms with van der Waals surface area (Å²) in [5, 5.41) is 0.758. The summed E-state index contributed by atoms with van der Waals surface area (Å²) in [4.78, 5) is 29.4. The molecule has 2 amide bonds. The van der Waals surface area contributed by atoms with E-state index in [1.807, 2.05) is 12.1 Å². The molecule has 1 fully saturated rings. The highest BCUT2D eigenvalue weighted by Gasteiger charge is 2.28. The van der Waals surface area contributed by atoms with Crippen LogP contribution < -0.4 is 5.73 Å². The van der Waals surface area contributed by atoms with Crippen LogP contribution in [-0.4, -0.2) is 41.1 Å². The molecular weight excluding hydrogens is 282 g/mol. The number of primary amides is 1. The van der Waals surface area contributed by atoms with Gasteiger partial charge in [0, 0.05) is 18.1 Å². The maximum Gasteiger partial charge on any atom is 0.338 e. The normalized spacial score (nSPS) is 17.6. The predicted octanol–water partition coefficient (Wildman–Crippen LogP) is 1.93. The van der Waals surface area contributed by atoms with E-state index in [1.54, 1.807) is 29.3 Å². The molecule has 1 aliphatic rings. The standard InChI is InChI=1S/C16H17N3O3/c17-16(21)19-9-3-4-11(19)10-22-15(20)13-5-1-7-14-12(13)6-2-8-18-14/h1-2,5-8,11H,3-4,9-10H2,(H2,17,21). The zero-order valence-electron chi connectivity index (χ0n) is 12.1. The fraction of sp³-hybridized carbons (Fsp3) is 0.312. The minimum Gasteiger partial charge on any atom is -0.460 e. The highest BCUT2D eigenvalue weighted by atomic mass is 16.5. The van der Waals surface area contributed by atoms with Crippen molar-refractivity contribution >= 4 is 22.9 Å². The van der Waals surface area contributed by atoms with Gasteiger partial charge in [-0.05, 0) is 31.0 Å². The third kappa shape index (κ3) is 2.72. The number of hydrogen-bond acceptors (Lipinski definition) is 4. The van der Waals surface area contributed by atoms with Crippen LogP contribution in [-0.2, 0) is 4.74 Å². The number of aromatic nitrogens is 1. The number of urea groups is 1. The van der Waals surface area contributed by atoms with Crippen molar-refractivity contribution in [1.82, 2.24) is 9.88 Å². The van der Waals surface area contributed by atoms with Crippen LogP contribution in [0.15, 0.2) is 36.5 Å². The van der Waals surface area contributed by atoms with Crippen LogP contribution in [0, 0.1) is 0 Å². The van der Waals surface area contributed by atoms with Crippen molar-refractivity contribution in [2.75, 3.05) is 13.2 Å². The molecule has 0 spiro atoms. The van der Waals surface area contributed by atoms with E-state index in [4.69, 9.17) is 10.5 Å². The lowest BCUT2D eigenvalue weighted by atomic mass is 10.1. The number of esters is 1. The van der Waals surface area contributed by atoms with Crippen LogP contribution in [0.3, 0.4) is 0 Å². The molecule has 0 bridgehead atoms. The van der Waals surface area contributed by atoms with Gasteiger partial charge < -0.3 is 15.4 Å². The fourth-order valence-electron chi connectivity index (χ4n) is 2.83. The first-order valence-electron chi connectivity index (χ1n) is 7.24. The number of nitrogens with two attached hydrogens (primary N) is 1. The van der Waals surface area contributed by atoms with Gasteiger partial charge in [-0.25, -0.2) is 9.59 Å². The third-order valence-electron chi connectivity index (χ3n) is 3.93. The minimum atomic E-state index is -0.465. The first kappa shape index (κ1) is 14.3. The molecule has 2 heterocycles. The summed E-state index contributed by atoms with van der Waals surface area (Å²) in [6, 6.07) is 8.36. The topological polar surface area (TPSA) is 85.5 Å². The Kier molecular flexibility index (Phi) is 3.91.